The summed E-state index contributed by atoms with van der Waals surface area (Å²) in [5, 5.41) is 8.00. The van der Waals surface area contributed by atoms with Crippen molar-refractivity contribution in [2.24, 2.45) is 0 Å². The Hall–Kier alpha value is -1.95. The van der Waals surface area contributed by atoms with Crippen LogP contribution in [0.5, 0.6) is 0 Å². The van der Waals surface area contributed by atoms with Crippen molar-refractivity contribution in [1.82, 2.24) is 15.1 Å². The van der Waals surface area contributed by atoms with Gasteiger partial charge in [-0.25, -0.2) is 0 Å². The van der Waals surface area contributed by atoms with Gasteiger partial charge < -0.3 is 9.80 Å². The van der Waals surface area contributed by atoms with Crippen LogP contribution in [0.1, 0.15) is 10.4 Å². The fourth-order valence-corrected chi connectivity index (χ4v) is 2.80. The molecule has 0 bridgehead atoms. The van der Waals surface area contributed by atoms with Crippen molar-refractivity contribution in [2.75, 3.05) is 31.1 Å². The third kappa shape index (κ3) is 3.21. The zero-order chi connectivity index (χ0) is 14.7. The van der Waals surface area contributed by atoms with Crippen LogP contribution in [0.2, 0.25) is 0 Å². The zero-order valence-corrected chi connectivity index (χ0v) is 13.0. The molecule has 0 N–H and O–H groups in total. The van der Waals surface area contributed by atoms with Crippen LogP contribution in [0.15, 0.2) is 47.1 Å². The first kappa shape index (κ1) is 14.0. The second kappa shape index (κ2) is 6.22. The molecule has 0 atom stereocenters. The third-order valence-electron chi connectivity index (χ3n) is 3.52. The molecule has 1 aliphatic heterocycles. The molecule has 0 radical (unpaired) electrons. The minimum atomic E-state index is 0.0788. The second-order valence-corrected chi connectivity index (χ2v) is 5.79. The number of piperazine rings is 1. The van der Waals surface area contributed by atoms with Gasteiger partial charge in [-0.1, -0.05) is 22.0 Å². The molecule has 6 heteroatoms. The lowest BCUT2D eigenvalue weighted by molar-refractivity contribution is 0.0746. The molecular weight excluding hydrogens is 332 g/mol. The van der Waals surface area contributed by atoms with E-state index in [4.69, 9.17) is 0 Å². The first-order valence-electron chi connectivity index (χ1n) is 6.81. The van der Waals surface area contributed by atoms with Crippen LogP contribution in [0.3, 0.4) is 0 Å². The van der Waals surface area contributed by atoms with Gasteiger partial charge in [-0.15, -0.1) is 5.10 Å². The molecule has 1 saturated heterocycles. The number of hydrogen-bond donors (Lipinski definition) is 0. The van der Waals surface area contributed by atoms with Gasteiger partial charge in [0, 0.05) is 42.4 Å². The fourth-order valence-electron chi connectivity index (χ4n) is 2.40. The SMILES string of the molecule is O=C(c1cccc(Br)c1)N1CCN(c2cccnn2)CC1. The van der Waals surface area contributed by atoms with Crippen LogP contribution < -0.4 is 4.90 Å². The molecule has 21 heavy (non-hydrogen) atoms. The summed E-state index contributed by atoms with van der Waals surface area (Å²) in [5.41, 5.74) is 0.720. The van der Waals surface area contributed by atoms with E-state index < -0.39 is 0 Å². The monoisotopic (exact) mass is 346 g/mol. The minimum absolute atomic E-state index is 0.0788. The molecule has 5 nitrogen and oxygen atoms in total. The van der Waals surface area contributed by atoms with E-state index in [9.17, 15) is 4.79 Å². The van der Waals surface area contributed by atoms with Crippen molar-refractivity contribution in [1.29, 1.82) is 0 Å². The van der Waals surface area contributed by atoms with Gasteiger partial charge in [0.25, 0.3) is 5.91 Å². The van der Waals surface area contributed by atoms with Crippen LogP contribution in [-0.2, 0) is 0 Å². The maximum atomic E-state index is 12.5. The molecule has 0 aliphatic carbocycles. The summed E-state index contributed by atoms with van der Waals surface area (Å²) < 4.78 is 0.923. The van der Waals surface area contributed by atoms with Crippen LogP contribution in [-0.4, -0.2) is 47.2 Å². The van der Waals surface area contributed by atoms with E-state index in [1.165, 1.54) is 0 Å². The van der Waals surface area contributed by atoms with Gasteiger partial charge in [0.15, 0.2) is 5.82 Å². The smallest absolute Gasteiger partial charge is 0.254 e. The van der Waals surface area contributed by atoms with Crippen LogP contribution >= 0.6 is 15.9 Å². The lowest BCUT2D eigenvalue weighted by Crippen LogP contribution is -2.49. The Morgan fingerprint density at radius 2 is 1.90 bits per heavy atom. The Morgan fingerprint density at radius 1 is 1.10 bits per heavy atom. The van der Waals surface area contributed by atoms with Crippen molar-refractivity contribution in [3.05, 3.63) is 52.6 Å². The summed E-state index contributed by atoms with van der Waals surface area (Å²) in [5.74, 6) is 0.946. The Bertz CT molecular complexity index is 627. The van der Waals surface area contributed by atoms with Gasteiger partial charge in [-0.3, -0.25) is 4.79 Å². The predicted octanol–water partition coefficient (Wildman–Crippen LogP) is 2.20. The maximum absolute atomic E-state index is 12.5. The van der Waals surface area contributed by atoms with E-state index in [1.54, 1.807) is 6.20 Å². The molecule has 1 aromatic heterocycles. The standard InChI is InChI=1S/C15H15BrN4O/c16-13-4-1-3-12(11-13)15(21)20-9-7-19(8-10-20)14-5-2-6-17-18-14/h1-6,11H,7-10H2. The molecular formula is C15H15BrN4O. The summed E-state index contributed by atoms with van der Waals surface area (Å²) in [6, 6.07) is 11.3. The molecule has 108 valence electrons. The molecule has 1 aromatic carbocycles. The number of nitrogens with zero attached hydrogens (tertiary/aromatic N) is 4. The number of hydrogen-bond acceptors (Lipinski definition) is 4. The Kier molecular flexibility index (Phi) is 4.15. The first-order chi connectivity index (χ1) is 10.2. The van der Waals surface area contributed by atoms with Crippen LogP contribution in [0.25, 0.3) is 0 Å². The van der Waals surface area contributed by atoms with E-state index >= 15 is 0 Å². The highest BCUT2D eigenvalue weighted by molar-refractivity contribution is 9.10. The van der Waals surface area contributed by atoms with Gasteiger partial charge >= 0.3 is 0 Å². The summed E-state index contributed by atoms with van der Waals surface area (Å²) in [6.07, 6.45) is 1.66. The normalized spacial score (nSPS) is 15.1. The van der Waals surface area contributed by atoms with Gasteiger partial charge in [-0.05, 0) is 30.3 Å². The Morgan fingerprint density at radius 3 is 2.57 bits per heavy atom. The topological polar surface area (TPSA) is 49.3 Å². The van der Waals surface area contributed by atoms with Crippen molar-refractivity contribution in [3.8, 4) is 0 Å². The highest BCUT2D eigenvalue weighted by Crippen LogP contribution is 2.16. The number of anilines is 1. The van der Waals surface area contributed by atoms with Crippen LogP contribution in [0, 0.1) is 0 Å². The van der Waals surface area contributed by atoms with E-state index in [0.29, 0.717) is 13.1 Å². The summed E-state index contributed by atoms with van der Waals surface area (Å²) in [6.45, 7) is 2.95. The molecule has 0 spiro atoms. The van der Waals surface area contributed by atoms with Gasteiger partial charge in [0.2, 0.25) is 0 Å². The number of benzene rings is 1. The molecule has 2 aromatic rings. The second-order valence-electron chi connectivity index (χ2n) is 4.87. The maximum Gasteiger partial charge on any atom is 0.254 e. The predicted molar refractivity (Wildman–Crippen MR) is 84.3 cm³/mol. The highest BCUT2D eigenvalue weighted by atomic mass is 79.9. The number of amides is 1. The molecule has 1 amide bonds. The Labute approximate surface area is 131 Å². The lowest BCUT2D eigenvalue weighted by Gasteiger charge is -2.35. The molecule has 2 heterocycles. The summed E-state index contributed by atoms with van der Waals surface area (Å²) in [7, 11) is 0. The number of carbonyl (C=O) groups excluding carboxylic acids is 1. The molecule has 1 fully saturated rings. The number of aromatic nitrogens is 2. The molecule has 1 aliphatic rings. The number of carbonyl (C=O) groups is 1. The Balaban J connectivity index is 1.64. The average molecular weight is 347 g/mol. The van der Waals surface area contributed by atoms with Gasteiger partial charge in [-0.2, -0.15) is 5.10 Å². The quantitative estimate of drug-likeness (QED) is 0.836. The van der Waals surface area contributed by atoms with E-state index in [2.05, 4.69) is 31.0 Å². The first-order valence-corrected chi connectivity index (χ1v) is 7.61. The van der Waals surface area contributed by atoms with Crippen molar-refractivity contribution in [3.63, 3.8) is 0 Å². The molecule has 0 unspecified atom stereocenters. The minimum Gasteiger partial charge on any atom is -0.352 e. The number of rotatable bonds is 2. The fraction of sp³-hybridized carbons (Fsp3) is 0.267. The third-order valence-corrected chi connectivity index (χ3v) is 4.01. The zero-order valence-electron chi connectivity index (χ0n) is 11.4. The average Bonchev–Trinajstić information content (AvgIpc) is 2.55. The van der Waals surface area contributed by atoms with Crippen molar-refractivity contribution >= 4 is 27.7 Å². The van der Waals surface area contributed by atoms with E-state index in [0.717, 1.165) is 28.9 Å². The summed E-state index contributed by atoms with van der Waals surface area (Å²) >= 11 is 3.40. The number of halogens is 1. The summed E-state index contributed by atoms with van der Waals surface area (Å²) in [4.78, 5) is 16.5. The van der Waals surface area contributed by atoms with E-state index in [-0.39, 0.29) is 5.91 Å². The van der Waals surface area contributed by atoms with Crippen LogP contribution in [0.4, 0.5) is 5.82 Å². The highest BCUT2D eigenvalue weighted by Gasteiger charge is 2.22. The molecule has 3 rings (SSSR count). The van der Waals surface area contributed by atoms with Crippen molar-refractivity contribution in [2.45, 2.75) is 0 Å². The largest absolute Gasteiger partial charge is 0.352 e. The lowest BCUT2D eigenvalue weighted by atomic mass is 10.2. The van der Waals surface area contributed by atoms with Gasteiger partial charge in [0.05, 0.1) is 0 Å². The van der Waals surface area contributed by atoms with Crippen molar-refractivity contribution < 1.29 is 4.79 Å². The van der Waals surface area contributed by atoms with E-state index in [1.807, 2.05) is 41.3 Å². The van der Waals surface area contributed by atoms with Gasteiger partial charge in [0.1, 0.15) is 0 Å². The molecule has 0 saturated carbocycles.